The summed E-state index contributed by atoms with van der Waals surface area (Å²) in [5.41, 5.74) is 1.32. The number of rotatable bonds is 8. The van der Waals surface area contributed by atoms with Crippen molar-refractivity contribution >= 4 is 11.6 Å². The Morgan fingerprint density at radius 1 is 1.44 bits per heavy atom. The van der Waals surface area contributed by atoms with E-state index in [4.69, 9.17) is 4.74 Å². The Labute approximate surface area is 108 Å². The molecule has 18 heavy (non-hydrogen) atoms. The molecule has 0 aliphatic carbocycles. The van der Waals surface area contributed by atoms with Crippen molar-refractivity contribution in [3.63, 3.8) is 0 Å². The number of carbonyl (C=O) groups is 1. The zero-order chi connectivity index (χ0) is 13.2. The summed E-state index contributed by atoms with van der Waals surface area (Å²) in [5, 5.41) is 5.79. The minimum Gasteiger partial charge on any atom is -0.385 e. The van der Waals surface area contributed by atoms with Gasteiger partial charge in [0.15, 0.2) is 0 Å². The second kappa shape index (κ2) is 8.47. The van der Waals surface area contributed by atoms with Gasteiger partial charge in [0.05, 0.1) is 0 Å². The van der Waals surface area contributed by atoms with Crippen molar-refractivity contribution in [1.82, 2.24) is 10.3 Å². The summed E-state index contributed by atoms with van der Waals surface area (Å²) in [5.74, 6) is -0.176. The standard InChI is InChI=1S/C13H21N3O2/c1-3-8-18-9-4-6-15-11-5-7-16-12(10-11)13(17)14-2/h5,7,10H,3-4,6,8-9H2,1-2H3,(H,14,17)(H,15,16). The first-order valence-electron chi connectivity index (χ1n) is 6.27. The number of nitrogens with one attached hydrogen (secondary N) is 2. The molecule has 0 aliphatic heterocycles. The Morgan fingerprint density at radius 2 is 2.28 bits per heavy atom. The highest BCUT2D eigenvalue weighted by Gasteiger charge is 2.04. The lowest BCUT2D eigenvalue weighted by atomic mass is 10.3. The summed E-state index contributed by atoms with van der Waals surface area (Å²) in [6.45, 7) is 4.49. The molecule has 0 unspecified atom stereocenters. The van der Waals surface area contributed by atoms with Crippen molar-refractivity contribution in [2.24, 2.45) is 0 Å². The van der Waals surface area contributed by atoms with Crippen LogP contribution in [0.3, 0.4) is 0 Å². The monoisotopic (exact) mass is 251 g/mol. The summed E-state index contributed by atoms with van der Waals surface area (Å²) in [4.78, 5) is 15.4. The molecule has 0 saturated carbocycles. The molecule has 1 aromatic heterocycles. The van der Waals surface area contributed by atoms with Crippen LogP contribution in [-0.2, 0) is 4.74 Å². The summed E-state index contributed by atoms with van der Waals surface area (Å²) < 4.78 is 5.38. The number of hydrogen-bond donors (Lipinski definition) is 2. The average molecular weight is 251 g/mol. The lowest BCUT2D eigenvalue weighted by molar-refractivity contribution is 0.0958. The molecule has 100 valence electrons. The fourth-order valence-electron chi connectivity index (χ4n) is 1.45. The van der Waals surface area contributed by atoms with E-state index in [0.717, 1.165) is 38.3 Å². The van der Waals surface area contributed by atoms with Crippen LogP contribution in [-0.4, -0.2) is 37.7 Å². The third-order valence-electron chi connectivity index (χ3n) is 2.36. The van der Waals surface area contributed by atoms with E-state index in [2.05, 4.69) is 22.5 Å². The maximum absolute atomic E-state index is 11.4. The molecule has 0 spiro atoms. The molecular formula is C13H21N3O2. The van der Waals surface area contributed by atoms with Crippen molar-refractivity contribution in [3.05, 3.63) is 24.0 Å². The van der Waals surface area contributed by atoms with E-state index in [-0.39, 0.29) is 5.91 Å². The fourth-order valence-corrected chi connectivity index (χ4v) is 1.45. The summed E-state index contributed by atoms with van der Waals surface area (Å²) >= 11 is 0. The predicted molar refractivity (Wildman–Crippen MR) is 71.8 cm³/mol. The first kappa shape index (κ1) is 14.4. The summed E-state index contributed by atoms with van der Waals surface area (Å²) in [7, 11) is 1.59. The molecular weight excluding hydrogens is 230 g/mol. The second-order valence-electron chi connectivity index (χ2n) is 3.90. The van der Waals surface area contributed by atoms with Gasteiger partial charge in [-0.3, -0.25) is 9.78 Å². The molecule has 0 aliphatic rings. The van der Waals surface area contributed by atoms with E-state index >= 15 is 0 Å². The molecule has 0 radical (unpaired) electrons. The van der Waals surface area contributed by atoms with Crippen molar-refractivity contribution in [2.45, 2.75) is 19.8 Å². The number of amides is 1. The van der Waals surface area contributed by atoms with Gasteiger partial charge in [-0.25, -0.2) is 0 Å². The number of ether oxygens (including phenoxy) is 1. The molecule has 1 aromatic rings. The number of nitrogens with zero attached hydrogens (tertiary/aromatic N) is 1. The third kappa shape index (κ3) is 5.14. The van der Waals surface area contributed by atoms with E-state index < -0.39 is 0 Å². The maximum atomic E-state index is 11.4. The molecule has 0 aromatic carbocycles. The van der Waals surface area contributed by atoms with E-state index in [1.165, 1.54) is 0 Å². The van der Waals surface area contributed by atoms with Crippen LogP contribution >= 0.6 is 0 Å². The number of carbonyl (C=O) groups excluding carboxylic acids is 1. The topological polar surface area (TPSA) is 63.2 Å². The molecule has 0 bridgehead atoms. The Kier molecular flexibility index (Phi) is 6.79. The Morgan fingerprint density at radius 3 is 3.00 bits per heavy atom. The van der Waals surface area contributed by atoms with Gasteiger partial charge in [-0.2, -0.15) is 0 Å². The van der Waals surface area contributed by atoms with Gasteiger partial charge in [-0.1, -0.05) is 6.92 Å². The molecule has 5 nitrogen and oxygen atoms in total. The normalized spacial score (nSPS) is 10.1. The Hall–Kier alpha value is -1.62. The van der Waals surface area contributed by atoms with Crippen LogP contribution < -0.4 is 10.6 Å². The van der Waals surface area contributed by atoms with E-state index in [1.807, 2.05) is 6.07 Å². The van der Waals surface area contributed by atoms with Gasteiger partial charge in [-0.15, -0.1) is 0 Å². The van der Waals surface area contributed by atoms with Gasteiger partial charge in [0.25, 0.3) is 5.91 Å². The second-order valence-corrected chi connectivity index (χ2v) is 3.90. The molecule has 1 rings (SSSR count). The molecule has 0 fully saturated rings. The van der Waals surface area contributed by atoms with Gasteiger partial charge >= 0.3 is 0 Å². The first-order valence-corrected chi connectivity index (χ1v) is 6.27. The molecule has 0 saturated heterocycles. The van der Waals surface area contributed by atoms with E-state index in [0.29, 0.717) is 5.69 Å². The Bertz CT molecular complexity index is 369. The fraction of sp³-hybridized carbons (Fsp3) is 0.538. The highest BCUT2D eigenvalue weighted by molar-refractivity contribution is 5.92. The molecule has 0 atom stereocenters. The van der Waals surface area contributed by atoms with Gasteiger partial charge in [0.2, 0.25) is 0 Å². The zero-order valence-corrected chi connectivity index (χ0v) is 11.0. The van der Waals surface area contributed by atoms with Crippen LogP contribution in [0.2, 0.25) is 0 Å². The molecule has 1 amide bonds. The van der Waals surface area contributed by atoms with Gasteiger partial charge < -0.3 is 15.4 Å². The number of aromatic nitrogens is 1. The lowest BCUT2D eigenvalue weighted by Gasteiger charge is -2.07. The molecule has 1 heterocycles. The van der Waals surface area contributed by atoms with Crippen LogP contribution in [0, 0.1) is 0 Å². The van der Waals surface area contributed by atoms with Crippen molar-refractivity contribution in [1.29, 1.82) is 0 Å². The first-order chi connectivity index (χ1) is 8.77. The predicted octanol–water partition coefficient (Wildman–Crippen LogP) is 1.67. The summed E-state index contributed by atoms with van der Waals surface area (Å²) in [6, 6.07) is 3.59. The minimum absolute atomic E-state index is 0.176. The number of hydrogen-bond acceptors (Lipinski definition) is 4. The molecule has 2 N–H and O–H groups in total. The van der Waals surface area contributed by atoms with Crippen LogP contribution in [0.15, 0.2) is 18.3 Å². The van der Waals surface area contributed by atoms with E-state index in [1.54, 1.807) is 19.3 Å². The van der Waals surface area contributed by atoms with Crippen LogP contribution in [0.1, 0.15) is 30.3 Å². The smallest absolute Gasteiger partial charge is 0.269 e. The third-order valence-corrected chi connectivity index (χ3v) is 2.36. The van der Waals surface area contributed by atoms with Crippen molar-refractivity contribution < 1.29 is 9.53 Å². The zero-order valence-electron chi connectivity index (χ0n) is 11.0. The molecule has 5 heteroatoms. The Balaban J connectivity index is 2.32. The average Bonchev–Trinajstić information content (AvgIpc) is 2.42. The van der Waals surface area contributed by atoms with Crippen LogP contribution in [0.4, 0.5) is 5.69 Å². The van der Waals surface area contributed by atoms with E-state index in [9.17, 15) is 4.79 Å². The van der Waals surface area contributed by atoms with Crippen molar-refractivity contribution in [3.8, 4) is 0 Å². The SMILES string of the molecule is CCCOCCCNc1ccnc(C(=O)NC)c1. The summed E-state index contributed by atoms with van der Waals surface area (Å²) in [6.07, 6.45) is 3.62. The number of anilines is 1. The minimum atomic E-state index is -0.176. The largest absolute Gasteiger partial charge is 0.385 e. The quantitative estimate of drug-likeness (QED) is 0.690. The highest BCUT2D eigenvalue weighted by atomic mass is 16.5. The highest BCUT2D eigenvalue weighted by Crippen LogP contribution is 2.07. The van der Waals surface area contributed by atoms with Gasteiger partial charge in [-0.05, 0) is 25.0 Å². The number of pyridine rings is 1. The van der Waals surface area contributed by atoms with Gasteiger partial charge in [0, 0.05) is 38.7 Å². The van der Waals surface area contributed by atoms with Gasteiger partial charge in [0.1, 0.15) is 5.69 Å². The van der Waals surface area contributed by atoms with Crippen molar-refractivity contribution in [2.75, 3.05) is 32.1 Å². The maximum Gasteiger partial charge on any atom is 0.269 e. The van der Waals surface area contributed by atoms with Crippen LogP contribution in [0.5, 0.6) is 0 Å². The lowest BCUT2D eigenvalue weighted by Crippen LogP contribution is -2.19. The van der Waals surface area contributed by atoms with Crippen LogP contribution in [0.25, 0.3) is 0 Å².